The van der Waals surface area contributed by atoms with Crippen molar-refractivity contribution < 1.29 is 13.2 Å². The molecule has 5 nitrogen and oxygen atoms in total. The molecule has 0 N–H and O–H groups in total. The number of carbonyl (C=O) groups is 1. The molecule has 2 aromatic carbocycles. The molecule has 0 spiro atoms. The average Bonchev–Trinajstić information content (AvgIpc) is 2.73. The molecule has 3 aromatic rings. The molecule has 0 amide bonds. The van der Waals surface area contributed by atoms with Crippen LogP contribution in [0, 0.1) is 0 Å². The monoisotopic (exact) mass is 390 g/mol. The topological polar surface area (TPSA) is 67.3 Å². The van der Waals surface area contributed by atoms with Crippen LogP contribution in [0.1, 0.15) is 21.5 Å². The van der Waals surface area contributed by atoms with E-state index in [0.717, 1.165) is 5.56 Å². The lowest BCUT2D eigenvalue weighted by Gasteiger charge is -2.31. The van der Waals surface area contributed by atoms with Gasteiger partial charge in [0.15, 0.2) is 0 Å². The zero-order valence-electron chi connectivity index (χ0n) is 15.0. The first-order valence-corrected chi connectivity index (χ1v) is 10.3. The molecule has 2 heterocycles. The van der Waals surface area contributed by atoms with Crippen molar-refractivity contribution in [2.45, 2.75) is 11.3 Å². The van der Waals surface area contributed by atoms with Crippen LogP contribution < -0.4 is 0 Å². The number of rotatable bonds is 4. The van der Waals surface area contributed by atoms with Crippen LogP contribution in [-0.4, -0.2) is 30.0 Å². The molecule has 0 saturated carbocycles. The van der Waals surface area contributed by atoms with Gasteiger partial charge >= 0.3 is 0 Å². The van der Waals surface area contributed by atoms with E-state index < -0.39 is 10.0 Å². The van der Waals surface area contributed by atoms with Gasteiger partial charge in [0.1, 0.15) is 5.70 Å². The first kappa shape index (κ1) is 18.1. The summed E-state index contributed by atoms with van der Waals surface area (Å²) in [4.78, 5) is 17.2. The van der Waals surface area contributed by atoms with Gasteiger partial charge in [-0.25, -0.2) is 8.42 Å². The molecule has 6 heteroatoms. The number of benzene rings is 2. The Morgan fingerprint density at radius 3 is 2.43 bits per heavy atom. The van der Waals surface area contributed by atoms with Gasteiger partial charge in [-0.05, 0) is 41.8 Å². The Bertz CT molecular complexity index is 1140. The summed E-state index contributed by atoms with van der Waals surface area (Å²) >= 11 is 0. The maximum Gasteiger partial charge on any atom is 0.265 e. The van der Waals surface area contributed by atoms with Gasteiger partial charge in [0.05, 0.1) is 4.90 Å². The Kier molecular flexibility index (Phi) is 4.79. The van der Waals surface area contributed by atoms with Crippen LogP contribution in [0.5, 0.6) is 0 Å². The fourth-order valence-electron chi connectivity index (χ4n) is 3.25. The maximum atomic E-state index is 13.3. The van der Waals surface area contributed by atoms with Gasteiger partial charge in [-0.15, -0.1) is 0 Å². The van der Waals surface area contributed by atoms with E-state index in [-0.39, 0.29) is 28.5 Å². The largest absolute Gasteiger partial charge is 0.287 e. The van der Waals surface area contributed by atoms with E-state index in [9.17, 15) is 13.2 Å². The van der Waals surface area contributed by atoms with Crippen LogP contribution in [-0.2, 0) is 16.4 Å². The Hall–Kier alpha value is -3.25. The van der Waals surface area contributed by atoms with E-state index in [1.54, 1.807) is 48.8 Å². The number of Topliss-reactive ketones (excluding diaryl/α,β-unsaturated/α-hetero) is 1. The second kappa shape index (κ2) is 7.40. The lowest BCUT2D eigenvalue weighted by atomic mass is 10.1. The van der Waals surface area contributed by atoms with Crippen molar-refractivity contribution in [3.8, 4) is 0 Å². The Morgan fingerprint density at radius 2 is 1.68 bits per heavy atom. The number of pyridine rings is 1. The zero-order chi connectivity index (χ0) is 19.6. The summed E-state index contributed by atoms with van der Waals surface area (Å²) in [5, 5.41) is 0. The van der Waals surface area contributed by atoms with Crippen LogP contribution in [0.15, 0.2) is 89.7 Å². The third kappa shape index (κ3) is 3.34. The third-order valence-corrected chi connectivity index (χ3v) is 6.51. The van der Waals surface area contributed by atoms with Gasteiger partial charge in [0, 0.05) is 24.5 Å². The Morgan fingerprint density at radius 1 is 0.929 bits per heavy atom. The number of sulfonamides is 1. The van der Waals surface area contributed by atoms with Gasteiger partial charge in [-0.2, -0.15) is 0 Å². The number of nitrogens with zero attached hydrogens (tertiary/aromatic N) is 2. The minimum Gasteiger partial charge on any atom is -0.287 e. The predicted octanol–water partition coefficient (Wildman–Crippen LogP) is 3.55. The van der Waals surface area contributed by atoms with Crippen LogP contribution in [0.2, 0.25) is 0 Å². The van der Waals surface area contributed by atoms with E-state index in [0.29, 0.717) is 12.0 Å². The van der Waals surface area contributed by atoms with Gasteiger partial charge in [0.25, 0.3) is 10.0 Å². The predicted molar refractivity (Wildman–Crippen MR) is 107 cm³/mol. The van der Waals surface area contributed by atoms with Gasteiger partial charge in [-0.3, -0.25) is 14.1 Å². The number of fused-ring (bicyclic) bond motifs is 1. The van der Waals surface area contributed by atoms with E-state index in [1.165, 1.54) is 10.4 Å². The number of carbonyl (C=O) groups excluding carboxylic acids is 1. The van der Waals surface area contributed by atoms with Crippen molar-refractivity contribution in [1.29, 1.82) is 0 Å². The lowest BCUT2D eigenvalue weighted by Crippen LogP contribution is -2.40. The number of allylic oxidation sites excluding steroid dienone is 1. The summed E-state index contributed by atoms with van der Waals surface area (Å²) in [7, 11) is -3.83. The highest BCUT2D eigenvalue weighted by Crippen LogP contribution is 2.33. The Labute approximate surface area is 164 Å². The summed E-state index contributed by atoms with van der Waals surface area (Å²) in [5.74, 6) is -0.303. The van der Waals surface area contributed by atoms with E-state index in [1.807, 2.05) is 30.3 Å². The number of hydrogen-bond donors (Lipinski definition) is 0. The molecule has 1 aliphatic heterocycles. The van der Waals surface area contributed by atoms with Crippen molar-refractivity contribution in [3.63, 3.8) is 0 Å². The fraction of sp³-hybridized carbons (Fsp3) is 0.0909. The summed E-state index contributed by atoms with van der Waals surface area (Å²) in [6, 6.07) is 19.5. The molecule has 4 rings (SSSR count). The summed E-state index contributed by atoms with van der Waals surface area (Å²) in [6.07, 6.45) is 5.32. The number of hydrogen-bond acceptors (Lipinski definition) is 4. The highest BCUT2D eigenvalue weighted by molar-refractivity contribution is 7.89. The van der Waals surface area contributed by atoms with E-state index in [4.69, 9.17) is 0 Å². The molecule has 0 radical (unpaired) electrons. The van der Waals surface area contributed by atoms with E-state index >= 15 is 0 Å². The van der Waals surface area contributed by atoms with Crippen molar-refractivity contribution in [2.75, 3.05) is 6.54 Å². The summed E-state index contributed by atoms with van der Waals surface area (Å²) < 4.78 is 27.8. The standard InChI is InChI=1S/C22H18N2O3S/c25-22-19-10-4-5-11-21(19)28(26,27)24(14-12-17-7-2-1-3-8-17)20(22)15-18-9-6-13-23-16-18/h1-11,13,15-16H,12,14H2/b20-15+. The molecule has 0 atom stereocenters. The van der Waals surface area contributed by atoms with E-state index in [2.05, 4.69) is 4.98 Å². The van der Waals surface area contributed by atoms with Crippen LogP contribution >= 0.6 is 0 Å². The van der Waals surface area contributed by atoms with Gasteiger partial charge in [-0.1, -0.05) is 48.5 Å². The summed E-state index contributed by atoms with van der Waals surface area (Å²) in [5.41, 5.74) is 2.02. The molecule has 0 fully saturated rings. The zero-order valence-corrected chi connectivity index (χ0v) is 15.8. The molecule has 140 valence electrons. The first-order valence-electron chi connectivity index (χ1n) is 8.89. The van der Waals surface area contributed by atoms with Crippen molar-refractivity contribution in [3.05, 3.63) is 102 Å². The normalized spacial score (nSPS) is 16.8. The van der Waals surface area contributed by atoms with Crippen molar-refractivity contribution >= 4 is 21.9 Å². The highest BCUT2D eigenvalue weighted by atomic mass is 32.2. The van der Waals surface area contributed by atoms with Crippen LogP contribution in [0.25, 0.3) is 6.08 Å². The van der Waals surface area contributed by atoms with Crippen molar-refractivity contribution in [2.24, 2.45) is 0 Å². The molecule has 28 heavy (non-hydrogen) atoms. The van der Waals surface area contributed by atoms with Crippen LogP contribution in [0.3, 0.4) is 0 Å². The minimum absolute atomic E-state index is 0.0522. The third-order valence-electron chi connectivity index (χ3n) is 4.64. The molecule has 0 unspecified atom stereocenters. The smallest absolute Gasteiger partial charge is 0.265 e. The Balaban J connectivity index is 1.81. The maximum absolute atomic E-state index is 13.3. The second-order valence-corrected chi connectivity index (χ2v) is 8.28. The summed E-state index contributed by atoms with van der Waals surface area (Å²) in [6.45, 7) is 0.179. The molecule has 0 bridgehead atoms. The van der Waals surface area contributed by atoms with Gasteiger partial charge in [0.2, 0.25) is 5.78 Å². The highest BCUT2D eigenvalue weighted by Gasteiger charge is 2.38. The molecular weight excluding hydrogens is 372 g/mol. The molecular formula is C22H18N2O3S. The SMILES string of the molecule is O=C1/C(=C\c2cccnc2)N(CCc2ccccc2)S(=O)(=O)c2ccccc21. The van der Waals surface area contributed by atoms with Crippen LogP contribution in [0.4, 0.5) is 0 Å². The average molecular weight is 390 g/mol. The molecule has 1 aromatic heterocycles. The second-order valence-electron chi connectivity index (χ2n) is 6.45. The fourth-order valence-corrected chi connectivity index (χ4v) is 4.90. The molecule has 0 saturated heterocycles. The molecule has 1 aliphatic rings. The number of aromatic nitrogens is 1. The quantitative estimate of drug-likeness (QED) is 0.639. The number of ketones is 1. The molecule has 0 aliphatic carbocycles. The van der Waals surface area contributed by atoms with Crippen molar-refractivity contribution in [1.82, 2.24) is 9.29 Å². The first-order chi connectivity index (χ1) is 13.6. The minimum atomic E-state index is -3.83. The lowest BCUT2D eigenvalue weighted by molar-refractivity contribution is 0.100. The van der Waals surface area contributed by atoms with Gasteiger partial charge < -0.3 is 0 Å².